The van der Waals surface area contributed by atoms with Crippen molar-refractivity contribution in [3.63, 3.8) is 0 Å². The van der Waals surface area contributed by atoms with E-state index in [4.69, 9.17) is 5.73 Å². The highest BCUT2D eigenvalue weighted by molar-refractivity contribution is 5.90. The Hall–Kier alpha value is -2.55. The second-order valence-corrected chi connectivity index (χ2v) is 6.66. The molecule has 2 aromatic rings. The van der Waals surface area contributed by atoms with Crippen LogP contribution < -0.4 is 5.73 Å². The summed E-state index contributed by atoms with van der Waals surface area (Å²) >= 11 is 0. The number of carbonyl (C=O) groups is 1. The maximum absolute atomic E-state index is 13.6. The largest absolute Gasteiger partial charge is 0.651 e. The lowest BCUT2D eigenvalue weighted by molar-refractivity contribution is -0.137. The van der Waals surface area contributed by atoms with E-state index in [2.05, 4.69) is 15.3 Å². The molecule has 0 aliphatic rings. The molecule has 0 radical (unpaired) electrons. The van der Waals surface area contributed by atoms with Crippen molar-refractivity contribution in [2.75, 3.05) is 0 Å². The van der Waals surface area contributed by atoms with E-state index in [1.165, 1.54) is 18.6 Å². The molecule has 148 valence electrons. The van der Waals surface area contributed by atoms with Crippen LogP contribution in [-0.2, 0) is 6.18 Å². The number of primary amides is 1. The SMILES string of the molecule is CC([N-]C(C)(C)C)c1cc(C(F)(F)F)ccc1F.NC(=O)c1cnccn1. The van der Waals surface area contributed by atoms with Crippen molar-refractivity contribution in [3.05, 3.63) is 64.7 Å². The first-order chi connectivity index (χ1) is 12.3. The van der Waals surface area contributed by atoms with Crippen molar-refractivity contribution in [1.29, 1.82) is 0 Å². The molecule has 0 saturated heterocycles. The van der Waals surface area contributed by atoms with E-state index >= 15 is 0 Å². The Morgan fingerprint density at radius 3 is 2.22 bits per heavy atom. The number of benzene rings is 1. The van der Waals surface area contributed by atoms with Crippen LogP contribution in [0.1, 0.15) is 55.4 Å². The number of amides is 1. The van der Waals surface area contributed by atoms with Gasteiger partial charge in [-0.1, -0.05) is 27.7 Å². The predicted octanol–water partition coefficient (Wildman–Crippen LogP) is 4.65. The first-order valence-corrected chi connectivity index (χ1v) is 7.95. The summed E-state index contributed by atoms with van der Waals surface area (Å²) in [5.74, 6) is -1.22. The second-order valence-electron chi connectivity index (χ2n) is 6.66. The van der Waals surface area contributed by atoms with Gasteiger partial charge in [0.05, 0.1) is 11.8 Å². The van der Waals surface area contributed by atoms with Crippen LogP contribution >= 0.6 is 0 Å². The van der Waals surface area contributed by atoms with Gasteiger partial charge >= 0.3 is 6.18 Å². The molecule has 9 heteroatoms. The van der Waals surface area contributed by atoms with E-state index < -0.39 is 35.0 Å². The molecule has 2 N–H and O–H groups in total. The van der Waals surface area contributed by atoms with Gasteiger partial charge in [0.2, 0.25) is 0 Å². The Morgan fingerprint density at radius 1 is 1.19 bits per heavy atom. The summed E-state index contributed by atoms with van der Waals surface area (Å²) < 4.78 is 51.2. The van der Waals surface area contributed by atoms with E-state index in [9.17, 15) is 22.4 Å². The summed E-state index contributed by atoms with van der Waals surface area (Å²) in [4.78, 5) is 17.6. The van der Waals surface area contributed by atoms with Gasteiger partial charge in [0.1, 0.15) is 11.5 Å². The fourth-order valence-electron chi connectivity index (χ4n) is 2.12. The number of rotatable bonds is 3. The van der Waals surface area contributed by atoms with Crippen molar-refractivity contribution in [2.45, 2.75) is 45.5 Å². The Kier molecular flexibility index (Phi) is 7.41. The van der Waals surface area contributed by atoms with Gasteiger partial charge in [-0.05, 0) is 23.8 Å². The summed E-state index contributed by atoms with van der Waals surface area (Å²) in [6, 6.07) is 1.79. The molecule has 1 aromatic heterocycles. The zero-order valence-corrected chi connectivity index (χ0v) is 15.4. The Morgan fingerprint density at radius 2 is 1.81 bits per heavy atom. The second kappa shape index (κ2) is 8.90. The van der Waals surface area contributed by atoms with E-state index in [1.807, 2.05) is 20.8 Å². The highest BCUT2D eigenvalue weighted by Crippen LogP contribution is 2.35. The number of nitrogens with two attached hydrogens (primary N) is 1. The quantitative estimate of drug-likeness (QED) is 0.781. The third kappa shape index (κ3) is 7.69. The van der Waals surface area contributed by atoms with Crippen molar-refractivity contribution >= 4 is 5.91 Å². The summed E-state index contributed by atoms with van der Waals surface area (Å²) in [5.41, 5.74) is 3.75. The molecule has 0 aliphatic heterocycles. The minimum Gasteiger partial charge on any atom is -0.651 e. The number of nitrogens with zero attached hydrogens (tertiary/aromatic N) is 3. The maximum Gasteiger partial charge on any atom is 0.416 e. The third-order valence-corrected chi connectivity index (χ3v) is 3.17. The van der Waals surface area contributed by atoms with Gasteiger partial charge < -0.3 is 11.1 Å². The molecule has 1 heterocycles. The monoisotopic (exact) mass is 385 g/mol. The summed E-state index contributed by atoms with van der Waals surface area (Å²) in [5, 5.41) is 4.26. The van der Waals surface area contributed by atoms with Gasteiger partial charge in [-0.25, -0.2) is 9.37 Å². The first kappa shape index (κ1) is 22.5. The number of alkyl halides is 3. The van der Waals surface area contributed by atoms with Crippen LogP contribution in [0.5, 0.6) is 0 Å². The molecule has 1 atom stereocenters. The molecule has 1 aromatic carbocycles. The van der Waals surface area contributed by atoms with Crippen LogP contribution in [0.25, 0.3) is 5.32 Å². The molecule has 0 saturated carbocycles. The van der Waals surface area contributed by atoms with Crippen LogP contribution in [0.4, 0.5) is 17.6 Å². The molecule has 0 fully saturated rings. The molecule has 5 nitrogen and oxygen atoms in total. The molecule has 1 amide bonds. The van der Waals surface area contributed by atoms with E-state index in [1.54, 1.807) is 6.92 Å². The zero-order valence-electron chi connectivity index (χ0n) is 15.4. The van der Waals surface area contributed by atoms with Gasteiger partial charge in [-0.2, -0.15) is 13.2 Å². The van der Waals surface area contributed by atoms with Crippen molar-refractivity contribution in [3.8, 4) is 0 Å². The van der Waals surface area contributed by atoms with Crippen molar-refractivity contribution < 1.29 is 22.4 Å². The fourth-order valence-corrected chi connectivity index (χ4v) is 2.12. The zero-order chi connectivity index (χ0) is 20.8. The topological polar surface area (TPSA) is 83.0 Å². The fraction of sp³-hybridized carbons (Fsp3) is 0.389. The smallest absolute Gasteiger partial charge is 0.416 e. The molecular weight excluding hydrogens is 364 g/mol. The highest BCUT2D eigenvalue weighted by Gasteiger charge is 2.31. The molecule has 2 rings (SSSR count). The van der Waals surface area contributed by atoms with Crippen LogP contribution in [-0.4, -0.2) is 21.4 Å². The number of hydrogen-bond acceptors (Lipinski definition) is 3. The molecule has 0 aliphatic carbocycles. The standard InChI is InChI=1S/C13H16F4N.C5H5N3O/c1-8(18-12(2,3)4)10-7-9(13(15,16)17)5-6-11(10)14;6-5(9)4-3-7-1-2-8-4/h5-8H,1-4H3;1-3H,(H2,6,9)/q-1;. The molecule has 27 heavy (non-hydrogen) atoms. The van der Waals surface area contributed by atoms with Crippen molar-refractivity contribution in [1.82, 2.24) is 9.97 Å². The molecule has 0 spiro atoms. The van der Waals surface area contributed by atoms with Crippen LogP contribution in [0.3, 0.4) is 0 Å². The van der Waals surface area contributed by atoms with Gasteiger partial charge in [0, 0.05) is 12.4 Å². The summed E-state index contributed by atoms with van der Waals surface area (Å²) in [6.07, 6.45) is -0.251. The molecule has 0 bridgehead atoms. The molecule has 1 unspecified atom stereocenters. The summed E-state index contributed by atoms with van der Waals surface area (Å²) in [7, 11) is 0. The lowest BCUT2D eigenvalue weighted by atomic mass is 10.0. The van der Waals surface area contributed by atoms with Crippen molar-refractivity contribution in [2.24, 2.45) is 5.73 Å². The predicted molar refractivity (Wildman–Crippen MR) is 93.5 cm³/mol. The summed E-state index contributed by atoms with van der Waals surface area (Å²) in [6.45, 7) is 7.03. The van der Waals surface area contributed by atoms with E-state index in [-0.39, 0.29) is 11.3 Å². The van der Waals surface area contributed by atoms with E-state index in [0.717, 1.165) is 18.2 Å². The van der Waals surface area contributed by atoms with Gasteiger partial charge in [0.25, 0.3) is 5.91 Å². The Labute approximate surface area is 155 Å². The van der Waals surface area contributed by atoms with Crippen LogP contribution in [0, 0.1) is 5.82 Å². The Bertz CT molecular complexity index is 758. The average Bonchev–Trinajstić information content (AvgIpc) is 2.54. The number of aromatic nitrogens is 2. The number of carbonyl (C=O) groups excluding carboxylic acids is 1. The lowest BCUT2D eigenvalue weighted by Crippen LogP contribution is -2.16. The third-order valence-electron chi connectivity index (χ3n) is 3.17. The van der Waals surface area contributed by atoms with Crippen LogP contribution in [0.15, 0.2) is 36.8 Å². The highest BCUT2D eigenvalue weighted by atomic mass is 19.4. The Balaban J connectivity index is 0.000000337. The van der Waals surface area contributed by atoms with Gasteiger partial charge in [0.15, 0.2) is 0 Å². The normalized spacial score (nSPS) is 12.7. The maximum atomic E-state index is 13.6. The van der Waals surface area contributed by atoms with Gasteiger partial charge in [-0.15, -0.1) is 11.6 Å². The molecular formula is C18H21F4N4O-. The van der Waals surface area contributed by atoms with Crippen LogP contribution in [0.2, 0.25) is 0 Å². The minimum absolute atomic E-state index is 0.0280. The van der Waals surface area contributed by atoms with Gasteiger partial charge in [-0.3, -0.25) is 9.78 Å². The number of hydrogen-bond donors (Lipinski definition) is 1. The average molecular weight is 385 g/mol. The minimum atomic E-state index is -4.47. The number of halogens is 4. The van der Waals surface area contributed by atoms with E-state index in [0.29, 0.717) is 0 Å². The first-order valence-electron chi connectivity index (χ1n) is 7.95. The lowest BCUT2D eigenvalue weighted by Gasteiger charge is -2.42.